The molecule has 1 amide bonds. The van der Waals surface area contributed by atoms with Gasteiger partial charge in [-0.15, -0.1) is 0 Å². The molecule has 1 saturated heterocycles. The number of aromatic nitrogens is 2. The van der Waals surface area contributed by atoms with E-state index in [1.54, 1.807) is 18.9 Å². The number of thioether (sulfide) groups is 1. The van der Waals surface area contributed by atoms with Crippen molar-refractivity contribution in [3.8, 4) is 22.8 Å². The fraction of sp³-hybridized carbons (Fsp3) is 0.421. The Morgan fingerprint density at radius 2 is 1.81 bits per heavy atom. The average Bonchev–Trinajstić information content (AvgIpc) is 2.73. The largest absolute Gasteiger partial charge is 0.497 e. The number of rotatable bonds is 5. The van der Waals surface area contributed by atoms with Crippen LogP contribution in [0.2, 0.25) is 0 Å². The van der Waals surface area contributed by atoms with Crippen molar-refractivity contribution in [1.82, 2.24) is 14.7 Å². The predicted molar refractivity (Wildman–Crippen MR) is 106 cm³/mol. The van der Waals surface area contributed by atoms with Gasteiger partial charge < -0.3 is 14.4 Å². The summed E-state index contributed by atoms with van der Waals surface area (Å²) in [5.41, 5.74) is 0.917. The molecule has 1 aromatic carbocycles. The van der Waals surface area contributed by atoms with Crippen molar-refractivity contribution in [3.63, 3.8) is 0 Å². The molecular weight excluding hydrogens is 366 g/mol. The Balaban J connectivity index is 1.97. The van der Waals surface area contributed by atoms with Crippen LogP contribution in [-0.4, -0.2) is 59.4 Å². The van der Waals surface area contributed by atoms with Crippen LogP contribution in [0.25, 0.3) is 11.3 Å². The lowest BCUT2D eigenvalue weighted by molar-refractivity contribution is -0.134. The lowest BCUT2D eigenvalue weighted by Crippen LogP contribution is -2.43. The quantitative estimate of drug-likeness (QED) is 0.779. The van der Waals surface area contributed by atoms with Crippen LogP contribution in [0.5, 0.6) is 11.5 Å². The molecular formula is C19H23N3O4S. The molecule has 1 aliphatic rings. The summed E-state index contributed by atoms with van der Waals surface area (Å²) in [5.74, 6) is 2.84. The summed E-state index contributed by atoms with van der Waals surface area (Å²) in [6.07, 6.45) is 0. The van der Waals surface area contributed by atoms with Crippen LogP contribution >= 0.6 is 11.8 Å². The molecule has 144 valence electrons. The molecule has 1 aromatic heterocycles. The minimum absolute atomic E-state index is 0.0873. The molecule has 1 fully saturated rings. The first-order valence-electron chi connectivity index (χ1n) is 8.74. The summed E-state index contributed by atoms with van der Waals surface area (Å²) in [4.78, 5) is 27.1. The van der Waals surface area contributed by atoms with Gasteiger partial charge in [-0.25, -0.2) is 4.68 Å². The smallest absolute Gasteiger partial charge is 0.271 e. The standard InChI is InChI=1S/C19H23N3O4S/c1-13(19(24)21-8-10-27-11-9-21)22-17(23)12-16(26-3)18(20-22)14-4-6-15(25-2)7-5-14/h4-7,12-13H,8-11H2,1-3H3/t13-/m0/s1. The summed E-state index contributed by atoms with van der Waals surface area (Å²) >= 11 is 1.83. The number of hydrogen-bond donors (Lipinski definition) is 0. The van der Waals surface area contributed by atoms with Crippen LogP contribution in [0.1, 0.15) is 13.0 Å². The highest BCUT2D eigenvalue weighted by atomic mass is 32.2. The maximum Gasteiger partial charge on any atom is 0.271 e. The minimum Gasteiger partial charge on any atom is -0.497 e. The van der Waals surface area contributed by atoms with E-state index in [1.807, 2.05) is 36.0 Å². The molecule has 7 nitrogen and oxygen atoms in total. The highest BCUT2D eigenvalue weighted by molar-refractivity contribution is 7.99. The van der Waals surface area contributed by atoms with Gasteiger partial charge in [-0.3, -0.25) is 9.59 Å². The Morgan fingerprint density at radius 1 is 1.15 bits per heavy atom. The third-order valence-corrected chi connectivity index (χ3v) is 5.49. The topological polar surface area (TPSA) is 73.7 Å². The van der Waals surface area contributed by atoms with Gasteiger partial charge in [-0.05, 0) is 31.2 Å². The zero-order valence-electron chi connectivity index (χ0n) is 15.7. The molecule has 0 saturated carbocycles. The van der Waals surface area contributed by atoms with Gasteiger partial charge in [0.25, 0.3) is 5.56 Å². The van der Waals surface area contributed by atoms with E-state index in [0.29, 0.717) is 24.5 Å². The summed E-state index contributed by atoms with van der Waals surface area (Å²) in [6, 6.07) is 8.00. The summed E-state index contributed by atoms with van der Waals surface area (Å²) < 4.78 is 11.8. The van der Waals surface area contributed by atoms with Crippen molar-refractivity contribution in [3.05, 3.63) is 40.7 Å². The number of benzene rings is 1. The normalized spacial score (nSPS) is 15.3. The molecule has 2 heterocycles. The highest BCUT2D eigenvalue weighted by Crippen LogP contribution is 2.28. The van der Waals surface area contributed by atoms with Crippen LogP contribution in [0, 0.1) is 0 Å². The SMILES string of the molecule is COc1ccc(-c2nn([C@@H](C)C(=O)N3CCSCC3)c(=O)cc2OC)cc1. The number of carbonyl (C=O) groups excluding carboxylic acids is 1. The van der Waals surface area contributed by atoms with Gasteiger partial charge in [0.15, 0.2) is 5.75 Å². The third-order valence-electron chi connectivity index (χ3n) is 4.55. The Kier molecular flexibility index (Phi) is 6.05. The van der Waals surface area contributed by atoms with E-state index in [4.69, 9.17) is 9.47 Å². The molecule has 27 heavy (non-hydrogen) atoms. The van der Waals surface area contributed by atoms with Gasteiger partial charge in [0.05, 0.1) is 14.2 Å². The lowest BCUT2D eigenvalue weighted by atomic mass is 10.1. The molecule has 0 N–H and O–H groups in total. The molecule has 1 aliphatic heterocycles. The zero-order chi connectivity index (χ0) is 19.4. The van der Waals surface area contributed by atoms with Gasteiger partial charge in [0.1, 0.15) is 17.5 Å². The van der Waals surface area contributed by atoms with Gasteiger partial charge in [-0.1, -0.05) is 0 Å². The van der Waals surface area contributed by atoms with Crippen LogP contribution in [0.4, 0.5) is 0 Å². The van der Waals surface area contributed by atoms with E-state index >= 15 is 0 Å². The average molecular weight is 389 g/mol. The molecule has 2 aromatic rings. The minimum atomic E-state index is -0.677. The Bertz CT molecular complexity index is 860. The van der Waals surface area contributed by atoms with Crippen LogP contribution < -0.4 is 15.0 Å². The van der Waals surface area contributed by atoms with E-state index in [1.165, 1.54) is 17.9 Å². The van der Waals surface area contributed by atoms with Crippen molar-refractivity contribution >= 4 is 17.7 Å². The van der Waals surface area contributed by atoms with Gasteiger partial charge in [0.2, 0.25) is 5.91 Å². The zero-order valence-corrected chi connectivity index (χ0v) is 16.5. The lowest BCUT2D eigenvalue weighted by Gasteiger charge is -2.29. The van der Waals surface area contributed by atoms with Crippen LogP contribution in [-0.2, 0) is 4.79 Å². The Morgan fingerprint density at radius 3 is 2.41 bits per heavy atom. The molecule has 0 bridgehead atoms. The van der Waals surface area contributed by atoms with E-state index in [9.17, 15) is 9.59 Å². The highest BCUT2D eigenvalue weighted by Gasteiger charge is 2.26. The van der Waals surface area contributed by atoms with Gasteiger partial charge in [0, 0.05) is 36.2 Å². The summed E-state index contributed by atoms with van der Waals surface area (Å²) in [7, 11) is 3.09. The number of ether oxygens (including phenoxy) is 2. The van der Waals surface area contributed by atoms with Crippen molar-refractivity contribution < 1.29 is 14.3 Å². The number of hydrogen-bond acceptors (Lipinski definition) is 6. The molecule has 0 radical (unpaired) electrons. The maximum absolute atomic E-state index is 12.8. The van der Waals surface area contributed by atoms with E-state index in [-0.39, 0.29) is 11.5 Å². The molecule has 1 atom stereocenters. The monoisotopic (exact) mass is 389 g/mol. The van der Waals surface area contributed by atoms with E-state index in [0.717, 1.165) is 22.8 Å². The molecule has 0 unspecified atom stereocenters. The second-order valence-corrected chi connectivity index (χ2v) is 7.41. The second kappa shape index (κ2) is 8.47. The molecule has 0 spiro atoms. The van der Waals surface area contributed by atoms with Gasteiger partial charge >= 0.3 is 0 Å². The Hall–Kier alpha value is -2.48. The maximum atomic E-state index is 12.8. The fourth-order valence-corrected chi connectivity index (χ4v) is 3.89. The first-order valence-corrected chi connectivity index (χ1v) is 9.89. The molecule has 0 aliphatic carbocycles. The number of carbonyl (C=O) groups is 1. The number of amides is 1. The predicted octanol–water partition coefficient (Wildman–Crippen LogP) is 2.06. The van der Waals surface area contributed by atoms with Crippen LogP contribution in [0.15, 0.2) is 35.1 Å². The fourth-order valence-electron chi connectivity index (χ4n) is 2.99. The second-order valence-electron chi connectivity index (χ2n) is 6.19. The van der Waals surface area contributed by atoms with Crippen molar-refractivity contribution in [2.24, 2.45) is 0 Å². The summed E-state index contributed by atoms with van der Waals surface area (Å²) in [6.45, 7) is 3.11. The van der Waals surface area contributed by atoms with Crippen LogP contribution in [0.3, 0.4) is 0 Å². The first kappa shape index (κ1) is 19.3. The van der Waals surface area contributed by atoms with E-state index in [2.05, 4.69) is 5.10 Å². The first-order chi connectivity index (χ1) is 13.0. The molecule has 3 rings (SSSR count). The third kappa shape index (κ3) is 4.10. The summed E-state index contributed by atoms with van der Waals surface area (Å²) in [5, 5.41) is 4.47. The van der Waals surface area contributed by atoms with Crippen molar-refractivity contribution in [2.75, 3.05) is 38.8 Å². The number of methoxy groups -OCH3 is 2. The Labute approximate surface area is 162 Å². The van der Waals surface area contributed by atoms with Crippen molar-refractivity contribution in [2.45, 2.75) is 13.0 Å². The van der Waals surface area contributed by atoms with Gasteiger partial charge in [-0.2, -0.15) is 16.9 Å². The van der Waals surface area contributed by atoms with E-state index < -0.39 is 6.04 Å². The van der Waals surface area contributed by atoms with Crippen molar-refractivity contribution in [1.29, 1.82) is 0 Å². The number of nitrogens with zero attached hydrogens (tertiary/aromatic N) is 3. The molecule has 8 heteroatoms.